The maximum atomic E-state index is 10.0. The molecule has 0 amide bonds. The molecule has 0 heterocycles. The van der Waals surface area contributed by atoms with Gasteiger partial charge in [-0.25, -0.2) is 0 Å². The molecule has 2 N–H and O–H groups in total. The number of benzene rings is 2. The number of aromatic hydroxyl groups is 2. The van der Waals surface area contributed by atoms with Gasteiger partial charge in [-0.3, -0.25) is 0 Å². The number of ether oxygens (including phenoxy) is 2. The fourth-order valence-corrected chi connectivity index (χ4v) is 2.80. The molecule has 2 rings (SSSR count). The highest BCUT2D eigenvalue weighted by Gasteiger charge is 2.09. The van der Waals surface area contributed by atoms with Gasteiger partial charge in [-0.15, -0.1) is 0 Å². The quantitative estimate of drug-likeness (QED) is 0.523. The van der Waals surface area contributed by atoms with Crippen molar-refractivity contribution in [1.82, 2.24) is 0 Å². The predicted octanol–water partition coefficient (Wildman–Crippen LogP) is 4.09. The van der Waals surface area contributed by atoms with Crippen LogP contribution >= 0.6 is 31.9 Å². The van der Waals surface area contributed by atoms with Crippen molar-refractivity contribution in [3.8, 4) is 23.0 Å². The molecule has 126 valence electrons. The molecule has 2 aromatic carbocycles. The number of phenolic OH excluding ortho intramolecular Hbond substituents is 2. The van der Waals surface area contributed by atoms with Crippen molar-refractivity contribution in [2.75, 3.05) is 14.2 Å². The van der Waals surface area contributed by atoms with Crippen LogP contribution in [0.2, 0.25) is 0 Å². The minimum atomic E-state index is -0.0355. The summed E-state index contributed by atoms with van der Waals surface area (Å²) >= 11 is 6.65. The predicted molar refractivity (Wildman–Crippen MR) is 99.9 cm³/mol. The van der Waals surface area contributed by atoms with Gasteiger partial charge >= 0.3 is 0 Å². The summed E-state index contributed by atoms with van der Waals surface area (Å²) < 4.78 is 11.6. The van der Waals surface area contributed by atoms with E-state index in [1.54, 1.807) is 24.3 Å². The van der Waals surface area contributed by atoms with Crippen LogP contribution in [0.4, 0.5) is 0 Å². The van der Waals surface area contributed by atoms with Gasteiger partial charge in [-0.1, -0.05) is 31.9 Å². The van der Waals surface area contributed by atoms with Crippen LogP contribution in [0.25, 0.3) is 0 Å². The van der Waals surface area contributed by atoms with Crippen LogP contribution in [0.5, 0.6) is 23.0 Å². The van der Waals surface area contributed by atoms with E-state index in [2.05, 4.69) is 42.1 Å². The highest BCUT2D eigenvalue weighted by molar-refractivity contribution is 9.10. The van der Waals surface area contributed by atoms with Crippen LogP contribution in [0.15, 0.2) is 43.4 Å². The molecule has 0 aliphatic carbocycles. The summed E-state index contributed by atoms with van der Waals surface area (Å²) in [7, 11) is 2.92. The summed E-state index contributed by atoms with van der Waals surface area (Å²) in [5.74, 6) is 0.576. The van der Waals surface area contributed by atoms with Crippen LogP contribution in [0, 0.1) is 0 Å². The highest BCUT2D eigenvalue weighted by atomic mass is 79.9. The molecular weight excluding hydrogens is 444 g/mol. The van der Waals surface area contributed by atoms with E-state index >= 15 is 0 Å². The first kappa shape index (κ1) is 18.3. The van der Waals surface area contributed by atoms with Crippen molar-refractivity contribution in [2.45, 2.75) is 0 Å². The van der Waals surface area contributed by atoms with Gasteiger partial charge in [0.15, 0.2) is 23.0 Å². The Bertz CT molecular complexity index is 740. The van der Waals surface area contributed by atoms with Gasteiger partial charge in [0, 0.05) is 20.1 Å². The van der Waals surface area contributed by atoms with E-state index in [4.69, 9.17) is 9.47 Å². The van der Waals surface area contributed by atoms with Crippen LogP contribution in [0.3, 0.4) is 0 Å². The van der Waals surface area contributed by atoms with Crippen LogP contribution < -0.4 is 9.47 Å². The lowest BCUT2D eigenvalue weighted by Crippen LogP contribution is -1.90. The second-order valence-electron chi connectivity index (χ2n) is 4.58. The summed E-state index contributed by atoms with van der Waals surface area (Å²) in [6.45, 7) is 0. The normalized spacial score (nSPS) is 11.3. The van der Waals surface area contributed by atoms with Gasteiger partial charge in [-0.05, 0) is 24.3 Å². The van der Waals surface area contributed by atoms with E-state index in [9.17, 15) is 10.2 Å². The molecule has 0 atom stereocenters. The lowest BCUT2D eigenvalue weighted by molar-refractivity contribution is 0.373. The smallest absolute Gasteiger partial charge is 0.166 e. The van der Waals surface area contributed by atoms with Crippen LogP contribution in [0.1, 0.15) is 11.1 Å². The Hall–Kier alpha value is -2.06. The second-order valence-corrected chi connectivity index (χ2v) is 6.41. The number of rotatable bonds is 5. The molecule has 6 nitrogen and oxygen atoms in total. The topological polar surface area (TPSA) is 83.6 Å². The van der Waals surface area contributed by atoms with E-state index in [0.717, 1.165) is 8.95 Å². The Kier molecular flexibility index (Phi) is 6.22. The first-order valence-corrected chi connectivity index (χ1v) is 8.24. The van der Waals surface area contributed by atoms with Crippen molar-refractivity contribution < 1.29 is 19.7 Å². The standard InChI is InChI=1S/C16H14Br2N2O4/c1-23-13-5-11(17)3-9(15(13)21)7-19-20-8-10-4-12(18)6-14(24-2)16(10)22/h3-8,21-22H,1-2H3/b19-7+,20-8+. The van der Waals surface area contributed by atoms with Crippen molar-refractivity contribution in [3.63, 3.8) is 0 Å². The number of hydrogen-bond donors (Lipinski definition) is 2. The molecule has 0 bridgehead atoms. The maximum absolute atomic E-state index is 10.0. The molecule has 0 spiro atoms. The number of halogens is 2. The molecule has 0 saturated carbocycles. The fourth-order valence-electron chi connectivity index (χ4n) is 1.89. The number of phenols is 2. The third kappa shape index (κ3) is 4.27. The summed E-state index contributed by atoms with van der Waals surface area (Å²) in [6.07, 6.45) is 2.76. The lowest BCUT2D eigenvalue weighted by atomic mass is 10.2. The monoisotopic (exact) mass is 456 g/mol. The molecule has 0 aliphatic heterocycles. The third-order valence-corrected chi connectivity index (χ3v) is 3.95. The largest absolute Gasteiger partial charge is 0.504 e. The van der Waals surface area contributed by atoms with E-state index in [1.165, 1.54) is 26.6 Å². The minimum absolute atomic E-state index is 0.0355. The molecule has 8 heteroatoms. The molecule has 24 heavy (non-hydrogen) atoms. The Morgan fingerprint density at radius 1 is 0.792 bits per heavy atom. The molecule has 0 saturated heterocycles. The van der Waals surface area contributed by atoms with Crippen LogP contribution in [-0.4, -0.2) is 36.9 Å². The molecule has 0 fully saturated rings. The number of methoxy groups -OCH3 is 2. The Morgan fingerprint density at radius 3 is 1.50 bits per heavy atom. The molecule has 0 aromatic heterocycles. The van der Waals surface area contributed by atoms with Crippen molar-refractivity contribution in [1.29, 1.82) is 0 Å². The van der Waals surface area contributed by atoms with E-state index in [0.29, 0.717) is 22.6 Å². The fraction of sp³-hybridized carbons (Fsp3) is 0.125. The summed E-state index contributed by atoms with van der Waals surface area (Å²) in [5.41, 5.74) is 0.879. The second kappa shape index (κ2) is 8.16. The van der Waals surface area contributed by atoms with Crippen molar-refractivity contribution >= 4 is 44.3 Å². The lowest BCUT2D eigenvalue weighted by Gasteiger charge is -2.06. The maximum Gasteiger partial charge on any atom is 0.166 e. The molecule has 0 radical (unpaired) electrons. The summed E-state index contributed by atoms with van der Waals surface area (Å²) in [6, 6.07) is 6.64. The Labute approximate surface area is 155 Å². The van der Waals surface area contributed by atoms with Crippen LogP contribution in [-0.2, 0) is 0 Å². The van der Waals surface area contributed by atoms with E-state index in [1.807, 2.05) is 0 Å². The van der Waals surface area contributed by atoms with Crippen molar-refractivity contribution in [2.24, 2.45) is 10.2 Å². The zero-order chi connectivity index (χ0) is 17.7. The molecular formula is C16H14Br2N2O4. The zero-order valence-electron chi connectivity index (χ0n) is 12.8. The van der Waals surface area contributed by atoms with Crippen molar-refractivity contribution in [3.05, 3.63) is 44.3 Å². The van der Waals surface area contributed by atoms with E-state index in [-0.39, 0.29) is 11.5 Å². The third-order valence-electron chi connectivity index (χ3n) is 3.04. The van der Waals surface area contributed by atoms with Gasteiger partial charge in [0.2, 0.25) is 0 Å². The van der Waals surface area contributed by atoms with Gasteiger partial charge in [0.25, 0.3) is 0 Å². The molecule has 0 aliphatic rings. The van der Waals surface area contributed by atoms with Gasteiger partial charge in [-0.2, -0.15) is 10.2 Å². The van der Waals surface area contributed by atoms with Gasteiger partial charge in [0.1, 0.15) is 0 Å². The summed E-state index contributed by atoms with van der Waals surface area (Å²) in [5, 5.41) is 27.8. The zero-order valence-corrected chi connectivity index (χ0v) is 16.0. The average Bonchev–Trinajstić information content (AvgIpc) is 2.56. The molecule has 0 unspecified atom stereocenters. The number of hydrogen-bond acceptors (Lipinski definition) is 6. The molecule has 2 aromatic rings. The number of nitrogens with zero attached hydrogens (tertiary/aromatic N) is 2. The SMILES string of the molecule is COc1cc(Br)cc(/C=N/N=C/c2cc(Br)cc(OC)c2O)c1O. The van der Waals surface area contributed by atoms with Gasteiger partial charge in [0.05, 0.1) is 26.6 Å². The summed E-state index contributed by atoms with van der Waals surface area (Å²) in [4.78, 5) is 0. The van der Waals surface area contributed by atoms with Gasteiger partial charge < -0.3 is 19.7 Å². The Balaban J connectivity index is 2.25. The first-order chi connectivity index (χ1) is 11.5. The Morgan fingerprint density at radius 2 is 1.17 bits per heavy atom. The average molecular weight is 458 g/mol. The minimum Gasteiger partial charge on any atom is -0.504 e. The highest BCUT2D eigenvalue weighted by Crippen LogP contribution is 2.33. The first-order valence-electron chi connectivity index (χ1n) is 6.65. The van der Waals surface area contributed by atoms with E-state index < -0.39 is 0 Å².